The molecule has 0 aliphatic heterocycles. The summed E-state index contributed by atoms with van der Waals surface area (Å²) in [5, 5.41) is 2.75. The van der Waals surface area contributed by atoms with Gasteiger partial charge in [-0.05, 0) is 50.2 Å². The number of benzene rings is 2. The first-order valence-corrected chi connectivity index (χ1v) is 8.59. The van der Waals surface area contributed by atoms with Gasteiger partial charge in [-0.2, -0.15) is 0 Å². The molecule has 150 valence electrons. The maximum Gasteiger partial charge on any atom is 0.573 e. The van der Waals surface area contributed by atoms with E-state index in [-0.39, 0.29) is 17.4 Å². The Kier molecular flexibility index (Phi) is 5.72. The van der Waals surface area contributed by atoms with E-state index in [0.29, 0.717) is 22.7 Å². The Bertz CT molecular complexity index is 1040. The third-order valence-corrected chi connectivity index (χ3v) is 3.84. The molecule has 0 unspecified atom stereocenters. The van der Waals surface area contributed by atoms with E-state index >= 15 is 0 Å². The van der Waals surface area contributed by atoms with Crippen molar-refractivity contribution < 1.29 is 27.4 Å². The minimum absolute atomic E-state index is 0.161. The number of nitrogens with zero attached hydrogens (tertiary/aromatic N) is 1. The lowest BCUT2D eigenvalue weighted by molar-refractivity contribution is -0.274. The number of carbonyl (C=O) groups excluding carboxylic acids is 1. The normalized spacial score (nSPS) is 11.1. The summed E-state index contributed by atoms with van der Waals surface area (Å²) in [6, 6.07) is 15.1. The Morgan fingerprint density at radius 2 is 1.59 bits per heavy atom. The average Bonchev–Trinajstić information content (AvgIpc) is 2.60. The number of ether oxygens (including phenoxy) is 2. The summed E-state index contributed by atoms with van der Waals surface area (Å²) in [6.45, 7) is 3.59. The Hall–Kier alpha value is -3.55. The van der Waals surface area contributed by atoms with Crippen LogP contribution in [0.3, 0.4) is 0 Å². The molecule has 5 nitrogen and oxygen atoms in total. The lowest BCUT2D eigenvalue weighted by Crippen LogP contribution is -2.17. The summed E-state index contributed by atoms with van der Waals surface area (Å²) < 4.78 is 46.5. The fourth-order valence-corrected chi connectivity index (χ4v) is 2.63. The van der Waals surface area contributed by atoms with Crippen LogP contribution in [-0.2, 0) is 0 Å². The molecule has 1 aromatic heterocycles. The first-order valence-electron chi connectivity index (χ1n) is 8.59. The molecule has 2 aromatic carbocycles. The van der Waals surface area contributed by atoms with E-state index in [1.807, 2.05) is 6.92 Å². The molecule has 29 heavy (non-hydrogen) atoms. The Morgan fingerprint density at radius 3 is 2.28 bits per heavy atom. The van der Waals surface area contributed by atoms with Crippen LogP contribution in [0.25, 0.3) is 0 Å². The van der Waals surface area contributed by atoms with Crippen molar-refractivity contribution >= 4 is 11.6 Å². The van der Waals surface area contributed by atoms with Crippen LogP contribution in [-0.4, -0.2) is 17.3 Å². The number of aromatic nitrogens is 1. The number of amides is 1. The van der Waals surface area contributed by atoms with Crippen LogP contribution < -0.4 is 14.8 Å². The first kappa shape index (κ1) is 20.2. The van der Waals surface area contributed by atoms with Gasteiger partial charge in [0.1, 0.15) is 17.2 Å². The highest BCUT2D eigenvalue weighted by Crippen LogP contribution is 2.30. The van der Waals surface area contributed by atoms with Crippen molar-refractivity contribution in [3.63, 3.8) is 0 Å². The van der Waals surface area contributed by atoms with Gasteiger partial charge in [0.15, 0.2) is 0 Å². The van der Waals surface area contributed by atoms with E-state index in [4.69, 9.17) is 4.74 Å². The molecular weight excluding hydrogens is 385 g/mol. The van der Waals surface area contributed by atoms with Crippen molar-refractivity contribution in [1.82, 2.24) is 4.98 Å². The minimum Gasteiger partial charge on any atom is -0.457 e. The maximum absolute atomic E-state index is 12.5. The van der Waals surface area contributed by atoms with Crippen LogP contribution in [0, 0.1) is 13.8 Å². The van der Waals surface area contributed by atoms with E-state index in [9.17, 15) is 18.0 Å². The molecule has 0 saturated heterocycles. The summed E-state index contributed by atoms with van der Waals surface area (Å²) in [5.41, 5.74) is 2.33. The monoisotopic (exact) mass is 402 g/mol. The molecule has 0 aliphatic carbocycles. The molecule has 1 amide bonds. The molecule has 1 N–H and O–H groups in total. The fraction of sp³-hybridized carbons (Fsp3) is 0.143. The van der Waals surface area contributed by atoms with Crippen LogP contribution in [0.15, 0.2) is 60.7 Å². The summed E-state index contributed by atoms with van der Waals surface area (Å²) in [7, 11) is 0. The molecule has 0 aliphatic rings. The Morgan fingerprint density at radius 1 is 0.931 bits per heavy atom. The molecule has 3 rings (SSSR count). The van der Waals surface area contributed by atoms with Crippen LogP contribution in [0.2, 0.25) is 0 Å². The van der Waals surface area contributed by atoms with E-state index in [1.54, 1.807) is 43.3 Å². The second kappa shape index (κ2) is 8.22. The van der Waals surface area contributed by atoms with E-state index < -0.39 is 6.36 Å². The third-order valence-electron chi connectivity index (χ3n) is 3.84. The van der Waals surface area contributed by atoms with Gasteiger partial charge in [-0.15, -0.1) is 13.2 Å². The van der Waals surface area contributed by atoms with Crippen LogP contribution >= 0.6 is 0 Å². The second-order valence-electron chi connectivity index (χ2n) is 6.19. The van der Waals surface area contributed by atoms with Crippen LogP contribution in [0.4, 0.5) is 18.9 Å². The lowest BCUT2D eigenvalue weighted by Gasteiger charge is -2.12. The smallest absolute Gasteiger partial charge is 0.457 e. The highest BCUT2D eigenvalue weighted by molar-refractivity contribution is 6.05. The number of aryl methyl sites for hydroxylation is 2. The van der Waals surface area contributed by atoms with Gasteiger partial charge in [0.25, 0.3) is 5.91 Å². The molecule has 1 heterocycles. The zero-order valence-corrected chi connectivity index (χ0v) is 15.6. The van der Waals surface area contributed by atoms with Crippen molar-refractivity contribution in [1.29, 1.82) is 0 Å². The van der Waals surface area contributed by atoms with E-state index in [2.05, 4.69) is 15.0 Å². The average molecular weight is 402 g/mol. The van der Waals surface area contributed by atoms with Crippen molar-refractivity contribution in [3.8, 4) is 17.2 Å². The molecule has 3 aromatic rings. The number of pyridine rings is 1. The Balaban J connectivity index is 1.73. The number of hydrogen-bond acceptors (Lipinski definition) is 4. The van der Waals surface area contributed by atoms with Gasteiger partial charge in [0.05, 0.1) is 11.3 Å². The van der Waals surface area contributed by atoms with Crippen molar-refractivity contribution in [2.24, 2.45) is 0 Å². The number of halogens is 3. The summed E-state index contributed by atoms with van der Waals surface area (Å²) in [4.78, 5) is 16.7. The van der Waals surface area contributed by atoms with Crippen molar-refractivity contribution in [3.05, 3.63) is 77.6 Å². The molecule has 8 heteroatoms. The van der Waals surface area contributed by atoms with Crippen LogP contribution in [0.5, 0.6) is 17.2 Å². The largest absolute Gasteiger partial charge is 0.573 e. The van der Waals surface area contributed by atoms with Gasteiger partial charge in [-0.1, -0.05) is 12.1 Å². The van der Waals surface area contributed by atoms with Crippen molar-refractivity contribution in [2.75, 3.05) is 5.32 Å². The predicted octanol–water partition coefficient (Wildman–Crippen LogP) is 5.64. The van der Waals surface area contributed by atoms with Gasteiger partial charge < -0.3 is 14.8 Å². The summed E-state index contributed by atoms with van der Waals surface area (Å²) in [5.74, 6) is -0.214. The molecule has 0 spiro atoms. The zero-order chi connectivity index (χ0) is 21.0. The Labute approximate surface area is 165 Å². The highest BCUT2D eigenvalue weighted by Gasteiger charge is 2.31. The standard InChI is InChI=1S/C21H17F3N2O3/c1-13-9-10-19(14(2)25-13)20(27)26-15-5-3-6-16(11-15)28-17-7-4-8-18(12-17)29-21(22,23)24/h3-12H,1-2H3,(H,26,27). The molecule has 0 saturated carbocycles. The highest BCUT2D eigenvalue weighted by atomic mass is 19.4. The topological polar surface area (TPSA) is 60.5 Å². The lowest BCUT2D eigenvalue weighted by atomic mass is 10.1. The summed E-state index contributed by atoms with van der Waals surface area (Å²) >= 11 is 0. The number of hydrogen-bond donors (Lipinski definition) is 1. The molecule has 0 bridgehead atoms. The number of nitrogens with one attached hydrogen (secondary N) is 1. The minimum atomic E-state index is -4.79. The molecular formula is C21H17F3N2O3. The molecule has 0 radical (unpaired) electrons. The number of alkyl halides is 3. The summed E-state index contributed by atoms with van der Waals surface area (Å²) in [6.07, 6.45) is -4.79. The van der Waals surface area contributed by atoms with Gasteiger partial charge >= 0.3 is 6.36 Å². The third kappa shape index (κ3) is 5.71. The van der Waals surface area contributed by atoms with E-state index in [0.717, 1.165) is 11.8 Å². The number of rotatable bonds is 5. The quantitative estimate of drug-likeness (QED) is 0.600. The predicted molar refractivity (Wildman–Crippen MR) is 101 cm³/mol. The van der Waals surface area contributed by atoms with Gasteiger partial charge in [-0.25, -0.2) is 0 Å². The zero-order valence-electron chi connectivity index (χ0n) is 15.6. The van der Waals surface area contributed by atoms with Gasteiger partial charge in [0.2, 0.25) is 0 Å². The fourth-order valence-electron chi connectivity index (χ4n) is 2.63. The van der Waals surface area contributed by atoms with Gasteiger partial charge in [-0.3, -0.25) is 9.78 Å². The first-order chi connectivity index (χ1) is 13.7. The van der Waals surface area contributed by atoms with E-state index in [1.165, 1.54) is 18.2 Å². The second-order valence-corrected chi connectivity index (χ2v) is 6.19. The number of carbonyl (C=O) groups is 1. The molecule has 0 atom stereocenters. The molecule has 0 fully saturated rings. The van der Waals surface area contributed by atoms with Gasteiger partial charge in [0, 0.05) is 23.5 Å². The maximum atomic E-state index is 12.5. The van der Waals surface area contributed by atoms with Crippen LogP contribution in [0.1, 0.15) is 21.7 Å². The number of anilines is 1. The SMILES string of the molecule is Cc1ccc(C(=O)Nc2cccc(Oc3cccc(OC(F)(F)F)c3)c2)c(C)n1. The van der Waals surface area contributed by atoms with Crippen molar-refractivity contribution in [2.45, 2.75) is 20.2 Å².